The van der Waals surface area contributed by atoms with Gasteiger partial charge in [-0.1, -0.05) is 30.3 Å². The monoisotopic (exact) mass is 216 g/mol. The van der Waals surface area contributed by atoms with Crippen molar-refractivity contribution in [2.45, 2.75) is 6.61 Å². The highest BCUT2D eigenvalue weighted by Crippen LogP contribution is 2.10. The summed E-state index contributed by atoms with van der Waals surface area (Å²) in [5.41, 5.74) is 2.39. The van der Waals surface area contributed by atoms with E-state index in [1.807, 2.05) is 30.3 Å². The normalized spacial score (nSPS) is 10.1. The minimum atomic E-state index is 0.480. The molecule has 0 unspecified atom stereocenters. The molecule has 0 atom stereocenters. The van der Waals surface area contributed by atoms with E-state index in [2.05, 4.69) is 4.98 Å². The molecule has 1 heterocycles. The SMILES string of the molecule is [O-][NH2+]c1ccc(OCc2ccccc2)nc1. The fraction of sp³-hybridized carbons (Fsp3) is 0.0833. The van der Waals surface area contributed by atoms with Gasteiger partial charge in [-0.3, -0.25) is 0 Å². The summed E-state index contributed by atoms with van der Waals surface area (Å²) in [5, 5.41) is 10.4. The van der Waals surface area contributed by atoms with Gasteiger partial charge in [0.2, 0.25) is 5.88 Å². The van der Waals surface area contributed by atoms with Gasteiger partial charge in [-0.05, 0) is 5.56 Å². The fourth-order valence-corrected chi connectivity index (χ4v) is 1.28. The van der Waals surface area contributed by atoms with Crippen LogP contribution in [-0.4, -0.2) is 4.98 Å². The Morgan fingerprint density at radius 2 is 1.94 bits per heavy atom. The molecule has 0 saturated carbocycles. The Kier molecular flexibility index (Phi) is 3.48. The van der Waals surface area contributed by atoms with Gasteiger partial charge in [0.1, 0.15) is 12.3 Å². The van der Waals surface area contributed by atoms with Gasteiger partial charge in [0.25, 0.3) is 0 Å². The van der Waals surface area contributed by atoms with Gasteiger partial charge in [-0.25, -0.2) is 4.98 Å². The van der Waals surface area contributed by atoms with E-state index in [9.17, 15) is 5.21 Å². The summed E-state index contributed by atoms with van der Waals surface area (Å²) in [5.74, 6) is 0.523. The Hall–Kier alpha value is -1.91. The van der Waals surface area contributed by atoms with Gasteiger partial charge in [-0.15, -0.1) is 0 Å². The van der Waals surface area contributed by atoms with Crippen LogP contribution in [0, 0.1) is 5.21 Å². The molecule has 0 bridgehead atoms. The molecule has 82 valence electrons. The van der Waals surface area contributed by atoms with Gasteiger partial charge < -0.3 is 15.4 Å². The molecule has 0 aliphatic heterocycles. The Balaban J connectivity index is 1.94. The Morgan fingerprint density at radius 1 is 1.12 bits per heavy atom. The summed E-state index contributed by atoms with van der Waals surface area (Å²) in [7, 11) is 0. The van der Waals surface area contributed by atoms with Crippen molar-refractivity contribution in [3.8, 4) is 5.88 Å². The van der Waals surface area contributed by atoms with Gasteiger partial charge >= 0.3 is 0 Å². The zero-order valence-electron chi connectivity index (χ0n) is 8.67. The highest BCUT2D eigenvalue weighted by Gasteiger charge is 1.97. The van der Waals surface area contributed by atoms with Gasteiger partial charge in [0.05, 0.1) is 6.20 Å². The van der Waals surface area contributed by atoms with E-state index in [0.29, 0.717) is 18.2 Å². The Labute approximate surface area is 93.5 Å². The number of ether oxygens (including phenoxy) is 1. The molecule has 0 spiro atoms. The molecule has 2 rings (SSSR count). The van der Waals surface area contributed by atoms with Gasteiger partial charge in [0, 0.05) is 12.1 Å². The number of quaternary nitrogens is 1. The number of pyridine rings is 1. The van der Waals surface area contributed by atoms with E-state index in [1.54, 1.807) is 12.1 Å². The first-order valence-electron chi connectivity index (χ1n) is 4.96. The van der Waals surface area contributed by atoms with Crippen molar-refractivity contribution in [2.75, 3.05) is 0 Å². The molecular weight excluding hydrogens is 204 g/mol. The second-order valence-electron chi connectivity index (χ2n) is 3.32. The van der Waals surface area contributed by atoms with E-state index >= 15 is 0 Å². The highest BCUT2D eigenvalue weighted by atomic mass is 16.5. The molecule has 0 aliphatic carbocycles. The summed E-state index contributed by atoms with van der Waals surface area (Å²) in [6.45, 7) is 0.480. The van der Waals surface area contributed by atoms with Crippen molar-refractivity contribution in [3.05, 3.63) is 59.4 Å². The first-order valence-corrected chi connectivity index (χ1v) is 4.96. The molecule has 1 aromatic heterocycles. The van der Waals surface area contributed by atoms with E-state index in [4.69, 9.17) is 4.74 Å². The zero-order chi connectivity index (χ0) is 11.2. The molecule has 2 aromatic rings. The van der Waals surface area contributed by atoms with Crippen LogP contribution in [-0.2, 0) is 6.61 Å². The van der Waals surface area contributed by atoms with E-state index in [0.717, 1.165) is 11.0 Å². The predicted octanol–water partition coefficient (Wildman–Crippen LogP) is 1.35. The van der Waals surface area contributed by atoms with Crippen molar-refractivity contribution in [3.63, 3.8) is 0 Å². The van der Waals surface area contributed by atoms with Crippen LogP contribution < -0.4 is 10.2 Å². The fourth-order valence-electron chi connectivity index (χ4n) is 1.28. The molecule has 2 N–H and O–H groups in total. The predicted molar refractivity (Wildman–Crippen MR) is 60.0 cm³/mol. The molecule has 0 aliphatic rings. The number of hydrogen-bond donors (Lipinski definition) is 1. The molecule has 0 radical (unpaired) electrons. The summed E-state index contributed by atoms with van der Waals surface area (Å²) in [4.78, 5) is 4.01. The van der Waals surface area contributed by atoms with Crippen LogP contribution in [0.3, 0.4) is 0 Å². The molecular formula is C12H12N2O2. The van der Waals surface area contributed by atoms with Crippen LogP contribution in [0.4, 0.5) is 5.69 Å². The quantitative estimate of drug-likeness (QED) is 0.785. The minimum Gasteiger partial charge on any atom is -0.630 e. The average molecular weight is 216 g/mol. The number of nitrogens with two attached hydrogens (primary N) is 1. The maximum Gasteiger partial charge on any atom is 0.213 e. The molecule has 1 aromatic carbocycles. The number of aromatic nitrogens is 1. The molecule has 0 fully saturated rings. The van der Waals surface area contributed by atoms with Crippen molar-refractivity contribution in [1.29, 1.82) is 0 Å². The van der Waals surface area contributed by atoms with Gasteiger partial charge in [-0.2, -0.15) is 0 Å². The summed E-state index contributed by atoms with van der Waals surface area (Å²) >= 11 is 0. The molecule has 0 saturated heterocycles. The summed E-state index contributed by atoms with van der Waals surface area (Å²) < 4.78 is 5.46. The van der Waals surface area contributed by atoms with Crippen LogP contribution in [0.25, 0.3) is 0 Å². The van der Waals surface area contributed by atoms with E-state index in [1.165, 1.54) is 6.20 Å². The molecule has 4 nitrogen and oxygen atoms in total. The van der Waals surface area contributed by atoms with Crippen molar-refractivity contribution < 1.29 is 10.2 Å². The third kappa shape index (κ3) is 2.79. The lowest BCUT2D eigenvalue weighted by Gasteiger charge is -2.05. The Morgan fingerprint density at radius 3 is 2.56 bits per heavy atom. The van der Waals surface area contributed by atoms with Crippen LogP contribution in [0.2, 0.25) is 0 Å². The number of benzene rings is 1. The first-order chi connectivity index (χ1) is 7.88. The van der Waals surface area contributed by atoms with E-state index < -0.39 is 0 Å². The summed E-state index contributed by atoms with van der Waals surface area (Å²) in [6.07, 6.45) is 1.49. The largest absolute Gasteiger partial charge is 0.630 e. The average Bonchev–Trinajstić information content (AvgIpc) is 2.38. The maximum absolute atomic E-state index is 10.4. The van der Waals surface area contributed by atoms with Crippen molar-refractivity contribution in [2.24, 2.45) is 0 Å². The van der Waals surface area contributed by atoms with Gasteiger partial charge in [0.15, 0.2) is 0 Å². The smallest absolute Gasteiger partial charge is 0.213 e. The lowest BCUT2D eigenvalue weighted by Crippen LogP contribution is -2.70. The minimum absolute atomic E-state index is 0.480. The van der Waals surface area contributed by atoms with Crippen molar-refractivity contribution >= 4 is 5.69 Å². The third-order valence-electron chi connectivity index (χ3n) is 2.12. The maximum atomic E-state index is 10.4. The standard InChI is InChI=1S/C12H12N2O2/c15-14-11-6-7-12(13-8-11)16-9-10-4-2-1-3-5-10/h1-8H,9,14H2. The number of rotatable bonds is 4. The second kappa shape index (κ2) is 5.25. The molecule has 0 amide bonds. The van der Waals surface area contributed by atoms with Crippen LogP contribution >= 0.6 is 0 Å². The highest BCUT2D eigenvalue weighted by molar-refractivity contribution is 5.28. The number of hydrogen-bond acceptors (Lipinski definition) is 3. The van der Waals surface area contributed by atoms with Crippen molar-refractivity contribution in [1.82, 2.24) is 4.98 Å². The lowest BCUT2D eigenvalue weighted by molar-refractivity contribution is -0.497. The summed E-state index contributed by atoms with van der Waals surface area (Å²) in [6, 6.07) is 13.2. The zero-order valence-corrected chi connectivity index (χ0v) is 8.67. The first kappa shape index (κ1) is 10.6. The van der Waals surface area contributed by atoms with Crippen LogP contribution in [0.5, 0.6) is 5.88 Å². The molecule has 4 heteroatoms. The lowest BCUT2D eigenvalue weighted by atomic mass is 10.2. The third-order valence-corrected chi connectivity index (χ3v) is 2.12. The Bertz CT molecular complexity index is 429. The van der Waals surface area contributed by atoms with Crippen LogP contribution in [0.15, 0.2) is 48.7 Å². The number of nitrogens with zero attached hydrogens (tertiary/aromatic N) is 1. The molecule has 16 heavy (non-hydrogen) atoms. The topological polar surface area (TPSA) is 61.8 Å². The second-order valence-corrected chi connectivity index (χ2v) is 3.32. The van der Waals surface area contributed by atoms with E-state index in [-0.39, 0.29) is 0 Å². The van der Waals surface area contributed by atoms with Crippen LogP contribution in [0.1, 0.15) is 5.56 Å².